The number of amides is 2. The van der Waals surface area contributed by atoms with Gasteiger partial charge in [-0.15, -0.1) is 0 Å². The lowest BCUT2D eigenvalue weighted by molar-refractivity contribution is -0.0512. The molecule has 0 aliphatic heterocycles. The van der Waals surface area contributed by atoms with Crippen LogP contribution in [0, 0.1) is 5.92 Å². The van der Waals surface area contributed by atoms with Crippen LogP contribution in [0.5, 0.6) is 17.2 Å². The van der Waals surface area contributed by atoms with Crippen LogP contribution in [0.3, 0.4) is 0 Å². The number of halogens is 2. The summed E-state index contributed by atoms with van der Waals surface area (Å²) in [6, 6.07) is 11.8. The van der Waals surface area contributed by atoms with Crippen molar-refractivity contribution in [3.63, 3.8) is 0 Å². The number of hydrogen-bond acceptors (Lipinski definition) is 4. The summed E-state index contributed by atoms with van der Waals surface area (Å²) < 4.78 is 39.5. The number of methoxy groups -OCH3 is 2. The van der Waals surface area contributed by atoms with Crippen LogP contribution in [-0.4, -0.2) is 26.9 Å². The second-order valence-corrected chi connectivity index (χ2v) is 6.78. The molecular weight excluding hydrogens is 382 g/mol. The van der Waals surface area contributed by atoms with Gasteiger partial charge in [0.1, 0.15) is 5.75 Å². The number of ether oxygens (including phenoxy) is 3. The van der Waals surface area contributed by atoms with Gasteiger partial charge in [-0.25, -0.2) is 4.79 Å². The Hall–Kier alpha value is -3.03. The number of benzene rings is 2. The van der Waals surface area contributed by atoms with E-state index in [2.05, 4.69) is 15.4 Å². The SMILES string of the molecule is COc1ccc(C(NC(=O)NCc2ccc(OC(F)F)c(OC)c2)C2CC2)cc1. The summed E-state index contributed by atoms with van der Waals surface area (Å²) in [6.07, 6.45) is 2.14. The highest BCUT2D eigenvalue weighted by Crippen LogP contribution is 2.41. The molecule has 0 saturated heterocycles. The van der Waals surface area contributed by atoms with E-state index >= 15 is 0 Å². The van der Waals surface area contributed by atoms with Gasteiger partial charge < -0.3 is 24.8 Å². The van der Waals surface area contributed by atoms with E-state index in [1.807, 2.05) is 24.3 Å². The minimum absolute atomic E-state index is 0.0518. The fraction of sp³-hybridized carbons (Fsp3) is 0.381. The van der Waals surface area contributed by atoms with Gasteiger partial charge >= 0.3 is 12.6 Å². The summed E-state index contributed by atoms with van der Waals surface area (Å²) in [6.45, 7) is -2.71. The molecule has 1 aliphatic rings. The van der Waals surface area contributed by atoms with Crippen molar-refractivity contribution in [1.29, 1.82) is 0 Å². The van der Waals surface area contributed by atoms with E-state index in [0.717, 1.165) is 24.2 Å². The number of urea groups is 1. The van der Waals surface area contributed by atoms with E-state index in [1.165, 1.54) is 13.2 Å². The van der Waals surface area contributed by atoms with Crippen molar-refractivity contribution < 1.29 is 27.8 Å². The topological polar surface area (TPSA) is 68.8 Å². The Morgan fingerprint density at radius 3 is 2.38 bits per heavy atom. The molecule has 3 rings (SSSR count). The average Bonchev–Trinajstić information content (AvgIpc) is 3.56. The smallest absolute Gasteiger partial charge is 0.387 e. The third-order valence-electron chi connectivity index (χ3n) is 4.75. The molecule has 1 aliphatic carbocycles. The molecule has 1 atom stereocenters. The summed E-state index contributed by atoms with van der Waals surface area (Å²) in [4.78, 5) is 12.4. The zero-order chi connectivity index (χ0) is 20.8. The molecule has 1 fully saturated rings. The molecule has 2 aromatic rings. The molecule has 2 aromatic carbocycles. The minimum atomic E-state index is -2.93. The predicted molar refractivity (Wildman–Crippen MR) is 103 cm³/mol. The predicted octanol–water partition coefficient (Wildman–Crippen LogP) is 4.26. The van der Waals surface area contributed by atoms with Crippen LogP contribution in [0.4, 0.5) is 13.6 Å². The van der Waals surface area contributed by atoms with Crippen molar-refractivity contribution in [1.82, 2.24) is 10.6 Å². The van der Waals surface area contributed by atoms with Crippen LogP contribution in [0.1, 0.15) is 30.0 Å². The molecule has 29 heavy (non-hydrogen) atoms. The van der Waals surface area contributed by atoms with E-state index in [-0.39, 0.29) is 30.1 Å². The molecule has 1 unspecified atom stereocenters. The first-order valence-electron chi connectivity index (χ1n) is 9.30. The van der Waals surface area contributed by atoms with Crippen molar-refractivity contribution in [2.45, 2.75) is 32.0 Å². The van der Waals surface area contributed by atoms with Crippen LogP contribution < -0.4 is 24.8 Å². The fourth-order valence-electron chi connectivity index (χ4n) is 3.10. The van der Waals surface area contributed by atoms with E-state index < -0.39 is 6.61 Å². The van der Waals surface area contributed by atoms with Gasteiger partial charge in [-0.3, -0.25) is 0 Å². The lowest BCUT2D eigenvalue weighted by Gasteiger charge is -2.20. The minimum Gasteiger partial charge on any atom is -0.497 e. The van der Waals surface area contributed by atoms with Crippen molar-refractivity contribution in [2.75, 3.05) is 14.2 Å². The lowest BCUT2D eigenvalue weighted by atomic mass is 10.0. The largest absolute Gasteiger partial charge is 0.497 e. The standard InChI is InChI=1S/C21H24F2N2O4/c1-27-16-8-6-15(7-9-16)19(14-4-5-14)25-21(26)24-12-13-3-10-17(29-20(22)23)18(11-13)28-2/h3,6-11,14,19-20H,4-5,12H2,1-2H3,(H2,24,25,26). The van der Waals surface area contributed by atoms with Gasteiger partial charge in [0, 0.05) is 6.54 Å². The van der Waals surface area contributed by atoms with Crippen LogP contribution >= 0.6 is 0 Å². The molecule has 0 radical (unpaired) electrons. The zero-order valence-electron chi connectivity index (χ0n) is 16.3. The van der Waals surface area contributed by atoms with Crippen LogP contribution in [0.25, 0.3) is 0 Å². The highest BCUT2D eigenvalue weighted by Gasteiger charge is 2.33. The second-order valence-electron chi connectivity index (χ2n) is 6.78. The Labute approximate surface area is 168 Å². The van der Waals surface area contributed by atoms with Gasteiger partial charge in [0.05, 0.1) is 20.3 Å². The summed E-state index contributed by atoms with van der Waals surface area (Å²) in [7, 11) is 2.98. The Kier molecular flexibility index (Phi) is 6.74. The molecule has 2 N–H and O–H groups in total. The zero-order valence-corrected chi connectivity index (χ0v) is 16.3. The van der Waals surface area contributed by atoms with E-state index in [1.54, 1.807) is 19.2 Å². The first-order chi connectivity index (χ1) is 14.0. The summed E-state index contributed by atoms with van der Waals surface area (Å²) in [5.74, 6) is 1.31. The highest BCUT2D eigenvalue weighted by atomic mass is 19.3. The van der Waals surface area contributed by atoms with Crippen LogP contribution in [0.15, 0.2) is 42.5 Å². The monoisotopic (exact) mass is 406 g/mol. The molecular formula is C21H24F2N2O4. The van der Waals surface area contributed by atoms with Crippen LogP contribution in [0.2, 0.25) is 0 Å². The van der Waals surface area contributed by atoms with E-state index in [9.17, 15) is 13.6 Å². The number of nitrogens with one attached hydrogen (secondary N) is 2. The van der Waals surface area contributed by atoms with Gasteiger partial charge in [-0.2, -0.15) is 8.78 Å². The van der Waals surface area contributed by atoms with Gasteiger partial charge in [0.25, 0.3) is 0 Å². The van der Waals surface area contributed by atoms with E-state index in [4.69, 9.17) is 9.47 Å². The number of hydrogen-bond donors (Lipinski definition) is 2. The third-order valence-corrected chi connectivity index (χ3v) is 4.75. The fourth-order valence-corrected chi connectivity index (χ4v) is 3.10. The maximum absolute atomic E-state index is 12.4. The molecule has 1 saturated carbocycles. The van der Waals surface area contributed by atoms with E-state index in [0.29, 0.717) is 11.5 Å². The lowest BCUT2D eigenvalue weighted by Crippen LogP contribution is -2.38. The Balaban J connectivity index is 1.59. The summed E-state index contributed by atoms with van der Waals surface area (Å²) in [5.41, 5.74) is 1.73. The molecule has 8 heteroatoms. The van der Waals surface area contributed by atoms with Crippen molar-refractivity contribution >= 4 is 6.03 Å². The summed E-state index contributed by atoms with van der Waals surface area (Å²) >= 11 is 0. The van der Waals surface area contributed by atoms with Gasteiger partial charge in [-0.1, -0.05) is 18.2 Å². The van der Waals surface area contributed by atoms with Crippen LogP contribution in [-0.2, 0) is 6.54 Å². The first kappa shape index (κ1) is 20.7. The average molecular weight is 406 g/mol. The number of carbonyl (C=O) groups is 1. The summed E-state index contributed by atoms with van der Waals surface area (Å²) in [5, 5.41) is 5.82. The molecule has 0 spiro atoms. The Bertz CT molecular complexity index is 826. The van der Waals surface area contributed by atoms with Crippen molar-refractivity contribution in [3.8, 4) is 17.2 Å². The molecule has 0 heterocycles. The number of alkyl halides is 2. The number of carbonyl (C=O) groups excluding carboxylic acids is 1. The number of rotatable bonds is 9. The highest BCUT2D eigenvalue weighted by molar-refractivity contribution is 5.74. The molecule has 0 bridgehead atoms. The molecule has 6 nitrogen and oxygen atoms in total. The maximum atomic E-state index is 12.4. The van der Waals surface area contributed by atoms with Crippen molar-refractivity contribution in [3.05, 3.63) is 53.6 Å². The molecule has 2 amide bonds. The first-order valence-corrected chi connectivity index (χ1v) is 9.30. The quantitative estimate of drug-likeness (QED) is 0.653. The van der Waals surface area contributed by atoms with Crippen molar-refractivity contribution in [2.24, 2.45) is 5.92 Å². The Morgan fingerprint density at radius 1 is 1.07 bits per heavy atom. The third kappa shape index (κ3) is 5.73. The van der Waals surface area contributed by atoms with Gasteiger partial charge in [-0.05, 0) is 54.2 Å². The molecule has 0 aromatic heterocycles. The normalized spacial score (nSPS) is 14.2. The second kappa shape index (κ2) is 9.45. The van der Waals surface area contributed by atoms with Gasteiger partial charge in [0.2, 0.25) is 0 Å². The van der Waals surface area contributed by atoms with Gasteiger partial charge in [0.15, 0.2) is 11.5 Å². The Morgan fingerprint density at radius 2 is 1.79 bits per heavy atom. The maximum Gasteiger partial charge on any atom is 0.387 e. The molecule has 156 valence electrons.